The molecule has 0 amide bonds. The average molecular weight is 220 g/mol. The second kappa shape index (κ2) is 3.84. The number of phenols is 1. The Morgan fingerprint density at radius 2 is 2.25 bits per heavy atom. The van der Waals surface area contributed by atoms with Gasteiger partial charge in [-0.05, 0) is 25.1 Å². The van der Waals surface area contributed by atoms with Crippen molar-refractivity contribution in [3.05, 3.63) is 23.9 Å². The van der Waals surface area contributed by atoms with Crippen molar-refractivity contribution in [3.8, 4) is 5.75 Å². The van der Waals surface area contributed by atoms with Crippen LogP contribution in [0.15, 0.2) is 18.2 Å². The number of benzene rings is 1. The molecule has 0 bridgehead atoms. The van der Waals surface area contributed by atoms with E-state index in [-0.39, 0.29) is 12.2 Å². The van der Waals surface area contributed by atoms with Gasteiger partial charge in [-0.1, -0.05) is 0 Å². The van der Waals surface area contributed by atoms with Crippen LogP contribution in [0.4, 0.5) is 0 Å². The van der Waals surface area contributed by atoms with Gasteiger partial charge in [0.05, 0.1) is 24.2 Å². The van der Waals surface area contributed by atoms with Gasteiger partial charge in [0.25, 0.3) is 0 Å². The molecule has 0 fully saturated rings. The number of aromatic hydroxyl groups is 1. The maximum absolute atomic E-state index is 10.5. The molecular formula is C11H12N2O3. The molecule has 0 saturated heterocycles. The van der Waals surface area contributed by atoms with Crippen LogP contribution in [0.2, 0.25) is 0 Å². The van der Waals surface area contributed by atoms with E-state index in [0.717, 1.165) is 16.6 Å². The van der Waals surface area contributed by atoms with Crippen LogP contribution in [0.25, 0.3) is 10.9 Å². The summed E-state index contributed by atoms with van der Waals surface area (Å²) < 4.78 is 1.65. The SMILES string of the molecule is Cc1nn(CCC(=O)O)c2ccc(O)cc12. The van der Waals surface area contributed by atoms with E-state index in [1.165, 1.54) is 0 Å². The summed E-state index contributed by atoms with van der Waals surface area (Å²) in [6.07, 6.45) is 0.0388. The summed E-state index contributed by atoms with van der Waals surface area (Å²) in [7, 11) is 0. The Balaban J connectivity index is 2.43. The molecule has 5 nitrogen and oxygen atoms in total. The molecule has 1 aromatic carbocycles. The van der Waals surface area contributed by atoms with Crippen LogP contribution in [0.5, 0.6) is 5.75 Å². The number of rotatable bonds is 3. The highest BCUT2D eigenvalue weighted by Crippen LogP contribution is 2.22. The second-order valence-corrected chi connectivity index (χ2v) is 3.65. The third kappa shape index (κ3) is 1.84. The number of hydrogen-bond acceptors (Lipinski definition) is 3. The summed E-state index contributed by atoms with van der Waals surface area (Å²) in [6.45, 7) is 2.17. The summed E-state index contributed by atoms with van der Waals surface area (Å²) in [6, 6.07) is 4.95. The zero-order valence-electron chi connectivity index (χ0n) is 8.84. The first kappa shape index (κ1) is 10.5. The summed E-state index contributed by atoms with van der Waals surface area (Å²) in [5.41, 5.74) is 1.63. The molecule has 0 aliphatic rings. The lowest BCUT2D eigenvalue weighted by molar-refractivity contribution is -0.137. The summed E-state index contributed by atoms with van der Waals surface area (Å²) in [5, 5.41) is 23.1. The first-order valence-electron chi connectivity index (χ1n) is 4.96. The molecule has 0 aliphatic carbocycles. The molecule has 84 valence electrons. The van der Waals surface area contributed by atoms with Crippen molar-refractivity contribution in [2.24, 2.45) is 0 Å². The largest absolute Gasteiger partial charge is 0.508 e. The van der Waals surface area contributed by atoms with Gasteiger partial charge in [-0.3, -0.25) is 9.48 Å². The molecule has 0 spiro atoms. The van der Waals surface area contributed by atoms with Gasteiger partial charge in [0.1, 0.15) is 5.75 Å². The molecular weight excluding hydrogens is 208 g/mol. The van der Waals surface area contributed by atoms with Gasteiger partial charge in [-0.2, -0.15) is 5.10 Å². The molecule has 0 radical (unpaired) electrons. The molecule has 16 heavy (non-hydrogen) atoms. The molecule has 2 N–H and O–H groups in total. The van der Waals surface area contributed by atoms with Gasteiger partial charge in [0, 0.05) is 5.39 Å². The Morgan fingerprint density at radius 1 is 1.50 bits per heavy atom. The Labute approximate surface area is 91.9 Å². The third-order valence-corrected chi connectivity index (χ3v) is 2.46. The smallest absolute Gasteiger partial charge is 0.305 e. The van der Waals surface area contributed by atoms with Gasteiger partial charge in [0.2, 0.25) is 0 Å². The number of carboxylic acid groups (broad SMARTS) is 1. The summed E-state index contributed by atoms with van der Waals surface area (Å²) in [5.74, 6) is -0.659. The van der Waals surface area contributed by atoms with Crippen molar-refractivity contribution in [2.75, 3.05) is 0 Å². The van der Waals surface area contributed by atoms with Crippen molar-refractivity contribution >= 4 is 16.9 Å². The van der Waals surface area contributed by atoms with Gasteiger partial charge >= 0.3 is 5.97 Å². The fourth-order valence-corrected chi connectivity index (χ4v) is 1.70. The van der Waals surface area contributed by atoms with Crippen LogP contribution in [-0.2, 0) is 11.3 Å². The lowest BCUT2D eigenvalue weighted by Crippen LogP contribution is -2.05. The van der Waals surface area contributed by atoms with Crippen molar-refractivity contribution in [1.82, 2.24) is 9.78 Å². The molecule has 0 unspecified atom stereocenters. The van der Waals surface area contributed by atoms with Crippen LogP contribution in [0.1, 0.15) is 12.1 Å². The van der Waals surface area contributed by atoms with E-state index in [9.17, 15) is 9.90 Å². The first-order valence-corrected chi connectivity index (χ1v) is 4.96. The van der Waals surface area contributed by atoms with Crippen LogP contribution in [-0.4, -0.2) is 26.0 Å². The lowest BCUT2D eigenvalue weighted by atomic mass is 10.2. The number of hydrogen-bond donors (Lipinski definition) is 2. The predicted octanol–water partition coefficient (Wildman–Crippen LogP) is 1.53. The zero-order valence-corrected chi connectivity index (χ0v) is 8.84. The number of carbonyl (C=O) groups is 1. The van der Waals surface area contributed by atoms with Crippen molar-refractivity contribution in [3.63, 3.8) is 0 Å². The number of phenolic OH excluding ortho intramolecular Hbond substituents is 1. The molecule has 2 rings (SSSR count). The summed E-state index contributed by atoms with van der Waals surface area (Å²) in [4.78, 5) is 10.5. The molecule has 1 heterocycles. The molecule has 2 aromatic rings. The normalized spacial score (nSPS) is 10.8. The monoisotopic (exact) mass is 220 g/mol. The molecule has 0 atom stereocenters. The van der Waals surface area contributed by atoms with Gasteiger partial charge < -0.3 is 10.2 Å². The highest BCUT2D eigenvalue weighted by atomic mass is 16.4. The van der Waals surface area contributed by atoms with Crippen LogP contribution in [0.3, 0.4) is 0 Å². The number of aromatic nitrogens is 2. The molecule has 1 aromatic heterocycles. The number of aryl methyl sites for hydroxylation is 2. The average Bonchev–Trinajstić information content (AvgIpc) is 2.53. The minimum absolute atomic E-state index is 0.0388. The van der Waals surface area contributed by atoms with Crippen LogP contribution in [0, 0.1) is 6.92 Å². The van der Waals surface area contributed by atoms with E-state index in [1.54, 1.807) is 22.9 Å². The molecule has 0 aliphatic heterocycles. The minimum Gasteiger partial charge on any atom is -0.508 e. The van der Waals surface area contributed by atoms with Gasteiger partial charge in [-0.25, -0.2) is 0 Å². The number of aliphatic carboxylic acids is 1. The maximum Gasteiger partial charge on any atom is 0.305 e. The number of carboxylic acids is 1. The lowest BCUT2D eigenvalue weighted by Gasteiger charge is -2.00. The van der Waals surface area contributed by atoms with E-state index in [0.29, 0.717) is 6.54 Å². The van der Waals surface area contributed by atoms with Crippen molar-refractivity contribution in [2.45, 2.75) is 19.9 Å². The highest BCUT2D eigenvalue weighted by molar-refractivity contribution is 5.83. The number of nitrogens with zero attached hydrogens (tertiary/aromatic N) is 2. The highest BCUT2D eigenvalue weighted by Gasteiger charge is 2.08. The Morgan fingerprint density at radius 3 is 2.94 bits per heavy atom. The fraction of sp³-hybridized carbons (Fsp3) is 0.273. The van der Waals surface area contributed by atoms with E-state index in [1.807, 2.05) is 6.92 Å². The molecule has 0 saturated carbocycles. The van der Waals surface area contributed by atoms with Crippen molar-refractivity contribution < 1.29 is 15.0 Å². The standard InChI is InChI=1S/C11H12N2O3/c1-7-9-6-8(14)2-3-10(9)13(12-7)5-4-11(15)16/h2-3,6,14H,4-5H2,1H3,(H,15,16). The van der Waals surface area contributed by atoms with E-state index in [2.05, 4.69) is 5.10 Å². The van der Waals surface area contributed by atoms with E-state index >= 15 is 0 Å². The predicted molar refractivity (Wildman–Crippen MR) is 58.4 cm³/mol. The Bertz CT molecular complexity index is 545. The maximum atomic E-state index is 10.5. The van der Waals surface area contributed by atoms with Crippen LogP contribution < -0.4 is 0 Å². The Hall–Kier alpha value is -2.04. The first-order chi connectivity index (χ1) is 7.58. The van der Waals surface area contributed by atoms with E-state index < -0.39 is 5.97 Å². The zero-order chi connectivity index (χ0) is 11.7. The molecule has 5 heteroatoms. The second-order valence-electron chi connectivity index (χ2n) is 3.65. The van der Waals surface area contributed by atoms with Crippen LogP contribution >= 0.6 is 0 Å². The number of fused-ring (bicyclic) bond motifs is 1. The third-order valence-electron chi connectivity index (χ3n) is 2.46. The van der Waals surface area contributed by atoms with Gasteiger partial charge in [-0.15, -0.1) is 0 Å². The van der Waals surface area contributed by atoms with Gasteiger partial charge in [0.15, 0.2) is 0 Å². The minimum atomic E-state index is -0.847. The summed E-state index contributed by atoms with van der Waals surface area (Å²) >= 11 is 0. The topological polar surface area (TPSA) is 75.4 Å². The quantitative estimate of drug-likeness (QED) is 0.822. The van der Waals surface area contributed by atoms with Crippen molar-refractivity contribution in [1.29, 1.82) is 0 Å². The fourth-order valence-electron chi connectivity index (χ4n) is 1.70. The Kier molecular flexibility index (Phi) is 2.52. The van der Waals surface area contributed by atoms with E-state index in [4.69, 9.17) is 5.11 Å².